The van der Waals surface area contributed by atoms with Crippen molar-refractivity contribution in [2.75, 3.05) is 19.6 Å². The minimum Gasteiger partial charge on any atom is -0.330 e. The minimum absolute atomic E-state index is 0.209. The summed E-state index contributed by atoms with van der Waals surface area (Å²) in [5, 5.41) is 2.18. The molecule has 0 atom stereocenters. The average molecular weight is 254 g/mol. The van der Waals surface area contributed by atoms with E-state index in [1.54, 1.807) is 0 Å². The Morgan fingerprint density at radius 1 is 1.41 bits per heavy atom. The molecule has 0 fully saturated rings. The van der Waals surface area contributed by atoms with Crippen LogP contribution in [0.5, 0.6) is 0 Å². The number of rotatable bonds is 7. The zero-order chi connectivity index (χ0) is 12.9. The molecule has 3 heteroatoms. The van der Waals surface area contributed by atoms with Gasteiger partial charge in [-0.3, -0.25) is 4.90 Å². The molecule has 0 spiro atoms. The number of aryl methyl sites for hydroxylation is 1. The molecular weight excluding hydrogens is 228 g/mol. The lowest BCUT2D eigenvalue weighted by molar-refractivity contribution is 0.177. The van der Waals surface area contributed by atoms with Crippen molar-refractivity contribution < 1.29 is 0 Å². The Morgan fingerprint density at radius 2 is 2.12 bits per heavy atom. The Morgan fingerprint density at radius 3 is 2.59 bits per heavy atom. The molecule has 1 rings (SSSR count). The molecule has 1 aromatic rings. The molecule has 0 saturated carbocycles. The second kappa shape index (κ2) is 6.53. The average Bonchev–Trinajstić information content (AvgIpc) is 2.64. The van der Waals surface area contributed by atoms with Crippen molar-refractivity contribution >= 4 is 11.3 Å². The first kappa shape index (κ1) is 14.7. The molecule has 0 radical (unpaired) electrons. The van der Waals surface area contributed by atoms with E-state index in [0.29, 0.717) is 0 Å². The first-order valence-electron chi connectivity index (χ1n) is 6.44. The van der Waals surface area contributed by atoms with Crippen molar-refractivity contribution in [3.05, 3.63) is 21.9 Å². The van der Waals surface area contributed by atoms with Crippen molar-refractivity contribution in [3.8, 4) is 0 Å². The fraction of sp³-hybridized carbons (Fsp3) is 0.714. The molecule has 0 unspecified atom stereocenters. The molecule has 0 aromatic carbocycles. The van der Waals surface area contributed by atoms with Crippen LogP contribution in [0.25, 0.3) is 0 Å². The molecule has 0 bridgehead atoms. The molecular formula is C14H26N2S. The van der Waals surface area contributed by atoms with Gasteiger partial charge >= 0.3 is 0 Å². The SMILES string of the molecule is CCCN(Cc1sccc1C)CC(C)(C)CN. The monoisotopic (exact) mass is 254 g/mol. The maximum absolute atomic E-state index is 5.83. The molecule has 98 valence electrons. The van der Waals surface area contributed by atoms with Gasteiger partial charge in [0, 0.05) is 18.0 Å². The third-order valence-corrected chi connectivity index (χ3v) is 4.09. The summed E-state index contributed by atoms with van der Waals surface area (Å²) >= 11 is 1.86. The van der Waals surface area contributed by atoms with Gasteiger partial charge in [-0.2, -0.15) is 0 Å². The topological polar surface area (TPSA) is 29.3 Å². The van der Waals surface area contributed by atoms with Gasteiger partial charge in [0.05, 0.1) is 0 Å². The quantitative estimate of drug-likeness (QED) is 0.809. The van der Waals surface area contributed by atoms with E-state index in [9.17, 15) is 0 Å². The van der Waals surface area contributed by atoms with E-state index in [1.165, 1.54) is 16.9 Å². The fourth-order valence-corrected chi connectivity index (χ4v) is 2.92. The summed E-state index contributed by atoms with van der Waals surface area (Å²) in [6.07, 6.45) is 1.20. The van der Waals surface area contributed by atoms with Gasteiger partial charge in [0.25, 0.3) is 0 Å². The van der Waals surface area contributed by atoms with Gasteiger partial charge in [0.15, 0.2) is 0 Å². The van der Waals surface area contributed by atoms with Crippen molar-refractivity contribution in [3.63, 3.8) is 0 Å². The van der Waals surface area contributed by atoms with Crippen LogP contribution in [0.15, 0.2) is 11.4 Å². The zero-order valence-corrected chi connectivity index (χ0v) is 12.4. The zero-order valence-electron chi connectivity index (χ0n) is 11.6. The van der Waals surface area contributed by atoms with Crippen LogP contribution in [-0.4, -0.2) is 24.5 Å². The van der Waals surface area contributed by atoms with E-state index >= 15 is 0 Å². The van der Waals surface area contributed by atoms with E-state index in [1.807, 2.05) is 11.3 Å². The van der Waals surface area contributed by atoms with Crippen molar-refractivity contribution in [1.29, 1.82) is 0 Å². The van der Waals surface area contributed by atoms with Crippen molar-refractivity contribution in [2.45, 2.75) is 40.7 Å². The van der Waals surface area contributed by atoms with Gasteiger partial charge in [0.1, 0.15) is 0 Å². The molecule has 1 aromatic heterocycles. The molecule has 2 nitrogen and oxygen atoms in total. The fourth-order valence-electron chi connectivity index (χ4n) is 1.97. The maximum Gasteiger partial charge on any atom is 0.0330 e. The van der Waals surface area contributed by atoms with Crippen LogP contribution in [0.2, 0.25) is 0 Å². The Hall–Kier alpha value is -0.380. The summed E-state index contributed by atoms with van der Waals surface area (Å²) in [6.45, 7) is 13.0. The Bertz CT molecular complexity index is 331. The van der Waals surface area contributed by atoms with Crippen molar-refractivity contribution in [2.24, 2.45) is 11.1 Å². The largest absolute Gasteiger partial charge is 0.330 e. The Balaban J connectivity index is 2.63. The molecule has 2 N–H and O–H groups in total. The Labute approximate surface area is 110 Å². The molecule has 0 aliphatic carbocycles. The van der Waals surface area contributed by atoms with E-state index in [0.717, 1.165) is 26.2 Å². The smallest absolute Gasteiger partial charge is 0.0330 e. The molecule has 17 heavy (non-hydrogen) atoms. The number of hydrogen-bond donors (Lipinski definition) is 1. The Kier molecular flexibility index (Phi) is 5.63. The summed E-state index contributed by atoms with van der Waals surface area (Å²) in [5.74, 6) is 0. The van der Waals surface area contributed by atoms with Crippen LogP contribution in [0.3, 0.4) is 0 Å². The van der Waals surface area contributed by atoms with E-state index in [-0.39, 0.29) is 5.41 Å². The highest BCUT2D eigenvalue weighted by molar-refractivity contribution is 7.10. The van der Waals surface area contributed by atoms with Crippen LogP contribution >= 0.6 is 11.3 Å². The summed E-state index contributed by atoms with van der Waals surface area (Å²) < 4.78 is 0. The predicted molar refractivity (Wildman–Crippen MR) is 77.5 cm³/mol. The number of hydrogen-bond acceptors (Lipinski definition) is 3. The predicted octanol–water partition coefficient (Wildman–Crippen LogP) is 3.25. The molecule has 0 saturated heterocycles. The van der Waals surface area contributed by atoms with Crippen LogP contribution in [0.1, 0.15) is 37.6 Å². The second-order valence-electron chi connectivity index (χ2n) is 5.61. The standard InChI is InChI=1S/C14H26N2S/c1-5-7-16(11-14(3,4)10-15)9-13-12(2)6-8-17-13/h6,8H,5,7,9-11,15H2,1-4H3. The van der Waals surface area contributed by atoms with Crippen LogP contribution in [-0.2, 0) is 6.54 Å². The summed E-state index contributed by atoms with van der Waals surface area (Å²) in [5.41, 5.74) is 7.46. The second-order valence-corrected chi connectivity index (χ2v) is 6.61. The molecule has 1 heterocycles. The summed E-state index contributed by atoms with van der Waals surface area (Å²) in [4.78, 5) is 4.03. The molecule has 0 aliphatic rings. The van der Waals surface area contributed by atoms with Gasteiger partial charge < -0.3 is 5.73 Å². The van der Waals surface area contributed by atoms with Gasteiger partial charge in [-0.25, -0.2) is 0 Å². The number of nitrogens with zero attached hydrogens (tertiary/aromatic N) is 1. The minimum atomic E-state index is 0.209. The molecule has 0 aliphatic heterocycles. The van der Waals surface area contributed by atoms with Gasteiger partial charge in [0.2, 0.25) is 0 Å². The highest BCUT2D eigenvalue weighted by Gasteiger charge is 2.20. The third kappa shape index (κ3) is 4.78. The lowest BCUT2D eigenvalue weighted by Crippen LogP contribution is -2.38. The number of nitrogens with two attached hydrogens (primary N) is 1. The van der Waals surface area contributed by atoms with Crippen LogP contribution in [0, 0.1) is 12.3 Å². The summed E-state index contributed by atoms with van der Waals surface area (Å²) in [7, 11) is 0. The van der Waals surface area contributed by atoms with Gasteiger partial charge in [-0.15, -0.1) is 11.3 Å². The lowest BCUT2D eigenvalue weighted by atomic mass is 9.93. The summed E-state index contributed by atoms with van der Waals surface area (Å²) in [6, 6.07) is 2.21. The highest BCUT2D eigenvalue weighted by Crippen LogP contribution is 2.21. The third-order valence-electron chi connectivity index (χ3n) is 3.08. The van der Waals surface area contributed by atoms with Gasteiger partial charge in [-0.1, -0.05) is 20.8 Å². The first-order valence-corrected chi connectivity index (χ1v) is 7.32. The van der Waals surface area contributed by atoms with Crippen LogP contribution < -0.4 is 5.73 Å². The highest BCUT2D eigenvalue weighted by atomic mass is 32.1. The normalized spacial score (nSPS) is 12.4. The van der Waals surface area contributed by atoms with Crippen molar-refractivity contribution in [1.82, 2.24) is 4.90 Å². The first-order chi connectivity index (χ1) is 7.98. The number of thiophene rings is 1. The molecule has 0 amide bonds. The van der Waals surface area contributed by atoms with E-state index in [4.69, 9.17) is 5.73 Å². The van der Waals surface area contributed by atoms with Gasteiger partial charge in [-0.05, 0) is 48.9 Å². The van der Waals surface area contributed by atoms with Crippen LogP contribution in [0.4, 0.5) is 0 Å². The lowest BCUT2D eigenvalue weighted by Gasteiger charge is -2.31. The van der Waals surface area contributed by atoms with E-state index < -0.39 is 0 Å². The maximum atomic E-state index is 5.83. The van der Waals surface area contributed by atoms with E-state index in [2.05, 4.69) is 44.0 Å².